The van der Waals surface area contributed by atoms with Gasteiger partial charge in [0.15, 0.2) is 5.78 Å². The van der Waals surface area contributed by atoms with Crippen LogP contribution in [0.2, 0.25) is 5.02 Å². The molecule has 0 saturated carbocycles. The van der Waals surface area contributed by atoms with Crippen LogP contribution in [0.25, 0.3) is 10.9 Å². The Hall–Kier alpha value is -3.18. The molecule has 5 nitrogen and oxygen atoms in total. The van der Waals surface area contributed by atoms with E-state index in [0.29, 0.717) is 28.0 Å². The lowest BCUT2D eigenvalue weighted by Crippen LogP contribution is -2.25. The molecule has 4 rings (SSSR count). The van der Waals surface area contributed by atoms with Crippen LogP contribution in [0, 0.1) is 13.8 Å². The van der Waals surface area contributed by atoms with Crippen LogP contribution < -0.4 is 5.56 Å². The van der Waals surface area contributed by atoms with E-state index in [1.54, 1.807) is 18.2 Å². The van der Waals surface area contributed by atoms with Crippen LogP contribution >= 0.6 is 11.6 Å². The van der Waals surface area contributed by atoms with Crippen molar-refractivity contribution in [2.45, 2.75) is 26.9 Å². The van der Waals surface area contributed by atoms with E-state index < -0.39 is 0 Å². The number of Topliss-reactive ketones (excluding diaryl/α,β-unsaturated/α-hetero) is 1. The first-order chi connectivity index (χ1) is 13.9. The number of nitrogens with zero attached hydrogens (tertiary/aromatic N) is 3. The molecule has 0 aliphatic carbocycles. The van der Waals surface area contributed by atoms with E-state index in [2.05, 4.69) is 21.7 Å². The molecule has 0 spiro atoms. The molecule has 0 aliphatic rings. The number of ketones is 1. The Bertz CT molecular complexity index is 1270. The molecule has 0 unspecified atom stereocenters. The second-order valence-electron chi connectivity index (χ2n) is 7.12. The number of aryl methyl sites for hydroxylation is 1. The zero-order chi connectivity index (χ0) is 20.5. The number of hydrogen-bond donors (Lipinski definition) is 0. The van der Waals surface area contributed by atoms with Gasteiger partial charge in [0.1, 0.15) is 0 Å². The van der Waals surface area contributed by atoms with E-state index in [9.17, 15) is 9.59 Å². The van der Waals surface area contributed by atoms with E-state index in [0.717, 1.165) is 11.4 Å². The minimum atomic E-state index is -0.274. The van der Waals surface area contributed by atoms with Crippen molar-refractivity contribution < 1.29 is 4.79 Å². The highest BCUT2D eigenvalue weighted by Crippen LogP contribution is 2.19. The molecular weight excluding hydrogens is 386 g/mol. The van der Waals surface area contributed by atoms with Gasteiger partial charge in [0.05, 0.1) is 23.8 Å². The summed E-state index contributed by atoms with van der Waals surface area (Å²) in [6.45, 7) is 4.55. The molecule has 0 atom stereocenters. The van der Waals surface area contributed by atoms with Crippen LogP contribution in [0.1, 0.15) is 27.3 Å². The number of halogens is 1. The molecule has 0 radical (unpaired) electrons. The van der Waals surface area contributed by atoms with Gasteiger partial charge in [0.2, 0.25) is 0 Å². The lowest BCUT2D eigenvalue weighted by Gasteiger charge is -2.10. The number of carbonyl (C=O) groups is 1. The van der Waals surface area contributed by atoms with Gasteiger partial charge in [-0.1, -0.05) is 41.9 Å². The third-order valence-corrected chi connectivity index (χ3v) is 5.39. The summed E-state index contributed by atoms with van der Waals surface area (Å²) < 4.78 is 3.45. The summed E-state index contributed by atoms with van der Waals surface area (Å²) in [6, 6.07) is 17.0. The second-order valence-corrected chi connectivity index (χ2v) is 7.56. The number of aromatic nitrogens is 3. The number of hydrogen-bond acceptors (Lipinski definition) is 3. The molecule has 0 bridgehead atoms. The Kier molecular flexibility index (Phi) is 5.07. The zero-order valence-corrected chi connectivity index (χ0v) is 17.0. The van der Waals surface area contributed by atoms with E-state index in [1.165, 1.54) is 16.5 Å². The highest BCUT2D eigenvalue weighted by molar-refractivity contribution is 6.31. The van der Waals surface area contributed by atoms with Gasteiger partial charge < -0.3 is 4.57 Å². The molecule has 0 fully saturated rings. The van der Waals surface area contributed by atoms with Crippen molar-refractivity contribution in [3.8, 4) is 0 Å². The number of benzene rings is 2. The standard InChI is InChI=1S/C23H20ClN3O2/c1-15-10-19(16(2)27(15)12-17-6-4-3-5-7-17)22(28)13-26-14-25-21-9-8-18(24)11-20(21)23(26)29/h3-11,14H,12-13H2,1-2H3. The fraction of sp³-hybridized carbons (Fsp3) is 0.174. The Labute approximate surface area is 173 Å². The van der Waals surface area contributed by atoms with Crippen molar-refractivity contribution in [2.75, 3.05) is 0 Å². The zero-order valence-electron chi connectivity index (χ0n) is 16.2. The average molecular weight is 406 g/mol. The molecule has 29 heavy (non-hydrogen) atoms. The van der Waals surface area contributed by atoms with Crippen LogP contribution in [0.3, 0.4) is 0 Å². The summed E-state index contributed by atoms with van der Waals surface area (Å²) in [5.74, 6) is -0.123. The Morgan fingerprint density at radius 2 is 1.83 bits per heavy atom. The summed E-state index contributed by atoms with van der Waals surface area (Å²) in [5.41, 5.74) is 3.97. The first-order valence-electron chi connectivity index (χ1n) is 9.32. The highest BCUT2D eigenvalue weighted by Gasteiger charge is 2.17. The lowest BCUT2D eigenvalue weighted by atomic mass is 10.1. The minimum absolute atomic E-state index is 0.0656. The quantitative estimate of drug-likeness (QED) is 0.462. The smallest absolute Gasteiger partial charge is 0.261 e. The van der Waals surface area contributed by atoms with Crippen LogP contribution in [-0.2, 0) is 13.1 Å². The van der Waals surface area contributed by atoms with Gasteiger partial charge in [-0.05, 0) is 43.7 Å². The van der Waals surface area contributed by atoms with Crippen LogP contribution in [-0.4, -0.2) is 19.9 Å². The summed E-state index contributed by atoms with van der Waals surface area (Å²) in [6.07, 6.45) is 1.42. The molecular formula is C23H20ClN3O2. The largest absolute Gasteiger partial charge is 0.344 e. The molecule has 0 amide bonds. The minimum Gasteiger partial charge on any atom is -0.344 e. The maximum atomic E-state index is 13.0. The van der Waals surface area contributed by atoms with Crippen molar-refractivity contribution >= 4 is 28.3 Å². The van der Waals surface area contributed by atoms with E-state index in [-0.39, 0.29) is 17.9 Å². The molecule has 6 heteroatoms. The molecule has 0 aliphatic heterocycles. The maximum absolute atomic E-state index is 13.0. The fourth-order valence-electron chi connectivity index (χ4n) is 3.58. The van der Waals surface area contributed by atoms with Crippen LogP contribution in [0.4, 0.5) is 0 Å². The van der Waals surface area contributed by atoms with Gasteiger partial charge in [-0.2, -0.15) is 0 Å². The predicted molar refractivity (Wildman–Crippen MR) is 115 cm³/mol. The topological polar surface area (TPSA) is 56.9 Å². The van der Waals surface area contributed by atoms with Crippen molar-refractivity contribution in [2.24, 2.45) is 0 Å². The summed E-state index contributed by atoms with van der Waals surface area (Å²) >= 11 is 6.01. The van der Waals surface area contributed by atoms with E-state index >= 15 is 0 Å². The first-order valence-corrected chi connectivity index (χ1v) is 9.70. The molecule has 0 saturated heterocycles. The normalized spacial score (nSPS) is 11.1. The van der Waals surface area contributed by atoms with Gasteiger partial charge in [-0.25, -0.2) is 4.98 Å². The van der Waals surface area contributed by atoms with E-state index in [4.69, 9.17) is 11.6 Å². The van der Waals surface area contributed by atoms with Crippen LogP contribution in [0.15, 0.2) is 65.7 Å². The SMILES string of the molecule is Cc1cc(C(=O)Cn2cnc3ccc(Cl)cc3c2=O)c(C)n1Cc1ccccc1. The van der Waals surface area contributed by atoms with Gasteiger partial charge in [-0.3, -0.25) is 14.2 Å². The van der Waals surface area contributed by atoms with Crippen molar-refractivity contribution in [1.82, 2.24) is 14.1 Å². The number of rotatable bonds is 5. The van der Waals surface area contributed by atoms with Crippen molar-refractivity contribution in [3.63, 3.8) is 0 Å². The van der Waals surface area contributed by atoms with Gasteiger partial charge in [-0.15, -0.1) is 0 Å². The lowest BCUT2D eigenvalue weighted by molar-refractivity contribution is 0.0970. The third kappa shape index (κ3) is 3.74. The maximum Gasteiger partial charge on any atom is 0.261 e. The number of fused-ring (bicyclic) bond motifs is 1. The van der Waals surface area contributed by atoms with E-state index in [1.807, 2.05) is 38.1 Å². The van der Waals surface area contributed by atoms with Crippen LogP contribution in [0.5, 0.6) is 0 Å². The summed E-state index contributed by atoms with van der Waals surface area (Å²) in [5, 5.41) is 0.868. The molecule has 4 aromatic rings. The third-order valence-electron chi connectivity index (χ3n) is 5.16. The van der Waals surface area contributed by atoms with Gasteiger partial charge >= 0.3 is 0 Å². The Morgan fingerprint density at radius 3 is 2.59 bits per heavy atom. The highest BCUT2D eigenvalue weighted by atomic mass is 35.5. The van der Waals surface area contributed by atoms with Gasteiger partial charge in [0.25, 0.3) is 5.56 Å². The fourth-order valence-corrected chi connectivity index (χ4v) is 3.75. The average Bonchev–Trinajstić information content (AvgIpc) is 2.99. The predicted octanol–water partition coefficient (Wildman–Crippen LogP) is 4.40. The Balaban J connectivity index is 1.64. The molecule has 2 aromatic heterocycles. The first kappa shape index (κ1) is 19.2. The second kappa shape index (κ2) is 7.68. The molecule has 2 heterocycles. The molecule has 2 aromatic carbocycles. The number of carbonyl (C=O) groups excluding carboxylic acids is 1. The summed E-state index contributed by atoms with van der Waals surface area (Å²) in [7, 11) is 0. The molecule has 0 N–H and O–H groups in total. The van der Waals surface area contributed by atoms with Crippen molar-refractivity contribution in [1.29, 1.82) is 0 Å². The van der Waals surface area contributed by atoms with Crippen molar-refractivity contribution in [3.05, 3.63) is 98.8 Å². The van der Waals surface area contributed by atoms with Gasteiger partial charge in [0, 0.05) is 28.5 Å². The Morgan fingerprint density at radius 1 is 1.07 bits per heavy atom. The summed E-state index contributed by atoms with van der Waals surface area (Å²) in [4.78, 5) is 30.0. The monoisotopic (exact) mass is 405 g/mol. The molecule has 146 valence electrons.